The molecule has 0 saturated heterocycles. The van der Waals surface area contributed by atoms with Crippen LogP contribution in [0, 0.1) is 5.92 Å². The second-order valence-electron chi connectivity index (χ2n) is 4.92. The number of nitrogens with one attached hydrogen (secondary N) is 1. The summed E-state index contributed by atoms with van der Waals surface area (Å²) in [6, 6.07) is 0. The first kappa shape index (κ1) is 12.3. The van der Waals surface area contributed by atoms with Crippen LogP contribution in [0.5, 0.6) is 0 Å². The number of thiazole rings is 1. The summed E-state index contributed by atoms with van der Waals surface area (Å²) in [4.78, 5) is 5.39. The Morgan fingerprint density at radius 1 is 1.56 bits per heavy atom. The molecule has 0 aliphatic heterocycles. The van der Waals surface area contributed by atoms with Crippen molar-refractivity contribution in [1.29, 1.82) is 0 Å². The van der Waals surface area contributed by atoms with Gasteiger partial charge in [0, 0.05) is 29.0 Å². The summed E-state index contributed by atoms with van der Waals surface area (Å²) in [5.41, 5.74) is 2.05. The molecule has 1 heterocycles. The highest BCUT2D eigenvalue weighted by molar-refractivity contribution is 7.09. The molecule has 1 aliphatic rings. The molecule has 1 saturated carbocycles. The van der Waals surface area contributed by atoms with E-state index in [4.69, 9.17) is 11.6 Å². The Balaban J connectivity index is 1.89. The van der Waals surface area contributed by atoms with Crippen LogP contribution in [0.25, 0.3) is 0 Å². The predicted octanol–water partition coefficient (Wildman–Crippen LogP) is 3.42. The lowest BCUT2D eigenvalue weighted by molar-refractivity contribution is 0.216. The normalized spacial score (nSPS) is 30.5. The smallest absolute Gasteiger partial charge is 0.0794 e. The Labute approximate surface area is 106 Å². The van der Waals surface area contributed by atoms with E-state index in [1.54, 1.807) is 11.3 Å². The third-order valence-electron chi connectivity index (χ3n) is 3.61. The summed E-state index contributed by atoms with van der Waals surface area (Å²) < 4.78 is 0. The summed E-state index contributed by atoms with van der Waals surface area (Å²) in [6.07, 6.45) is 6.93. The lowest BCUT2D eigenvalue weighted by Crippen LogP contribution is -2.48. The number of hydrogen-bond acceptors (Lipinski definition) is 3. The number of aromatic nitrogens is 1. The van der Waals surface area contributed by atoms with Crippen molar-refractivity contribution in [3.63, 3.8) is 0 Å². The van der Waals surface area contributed by atoms with Crippen molar-refractivity contribution in [3.05, 3.63) is 16.6 Å². The molecule has 0 spiro atoms. The van der Waals surface area contributed by atoms with E-state index in [1.807, 2.05) is 11.7 Å². The highest BCUT2D eigenvalue weighted by atomic mass is 35.5. The first-order chi connectivity index (χ1) is 7.74. The zero-order valence-electron chi connectivity index (χ0n) is 9.71. The largest absolute Gasteiger partial charge is 0.305 e. The number of halogens is 1. The van der Waals surface area contributed by atoms with E-state index >= 15 is 0 Å². The molecule has 0 aromatic carbocycles. The van der Waals surface area contributed by atoms with E-state index in [1.165, 1.54) is 30.6 Å². The van der Waals surface area contributed by atoms with Gasteiger partial charge in [0.1, 0.15) is 0 Å². The fourth-order valence-electron chi connectivity index (χ4n) is 2.28. The second kappa shape index (κ2) is 5.48. The lowest BCUT2D eigenvalue weighted by Gasteiger charge is -2.39. The molecule has 0 atom stereocenters. The van der Waals surface area contributed by atoms with Crippen LogP contribution in [0.3, 0.4) is 0 Å². The van der Waals surface area contributed by atoms with Crippen LogP contribution in [-0.2, 0) is 6.54 Å². The van der Waals surface area contributed by atoms with Crippen molar-refractivity contribution in [3.8, 4) is 0 Å². The van der Waals surface area contributed by atoms with Crippen molar-refractivity contribution in [2.75, 3.05) is 5.88 Å². The summed E-state index contributed by atoms with van der Waals surface area (Å²) in [5.74, 6) is 1.58. The Morgan fingerprint density at radius 3 is 2.88 bits per heavy atom. The minimum absolute atomic E-state index is 0.165. The molecule has 2 rings (SSSR count). The number of nitrogens with zero attached hydrogens (tertiary/aromatic N) is 1. The van der Waals surface area contributed by atoms with Gasteiger partial charge in [-0.05, 0) is 31.6 Å². The fraction of sp³-hybridized carbons (Fsp3) is 0.750. The SMILES string of the molecule is CC1CCC(CCl)(NCc2cncs2)CC1. The van der Waals surface area contributed by atoms with Gasteiger partial charge in [-0.15, -0.1) is 22.9 Å². The average molecular weight is 259 g/mol. The second-order valence-corrected chi connectivity index (χ2v) is 6.16. The molecule has 0 bridgehead atoms. The van der Waals surface area contributed by atoms with Gasteiger partial charge in [0.25, 0.3) is 0 Å². The maximum absolute atomic E-state index is 6.15. The van der Waals surface area contributed by atoms with Crippen molar-refractivity contribution in [2.45, 2.75) is 44.7 Å². The van der Waals surface area contributed by atoms with E-state index in [-0.39, 0.29) is 5.54 Å². The zero-order valence-corrected chi connectivity index (χ0v) is 11.3. The third-order valence-corrected chi connectivity index (χ3v) is 4.90. The molecule has 0 unspecified atom stereocenters. The number of alkyl halides is 1. The van der Waals surface area contributed by atoms with Crippen molar-refractivity contribution in [1.82, 2.24) is 10.3 Å². The minimum atomic E-state index is 0.165. The molecule has 0 radical (unpaired) electrons. The molecular formula is C12H19ClN2S. The van der Waals surface area contributed by atoms with Gasteiger partial charge in [0.15, 0.2) is 0 Å². The molecule has 90 valence electrons. The van der Waals surface area contributed by atoms with Crippen LogP contribution in [0.1, 0.15) is 37.5 Å². The van der Waals surface area contributed by atoms with Crippen molar-refractivity contribution < 1.29 is 0 Å². The van der Waals surface area contributed by atoms with Crippen LogP contribution < -0.4 is 5.32 Å². The van der Waals surface area contributed by atoms with E-state index in [0.717, 1.165) is 18.3 Å². The predicted molar refractivity (Wildman–Crippen MR) is 70.0 cm³/mol. The van der Waals surface area contributed by atoms with Crippen LogP contribution in [-0.4, -0.2) is 16.4 Å². The highest BCUT2D eigenvalue weighted by Crippen LogP contribution is 2.33. The zero-order chi connectivity index (χ0) is 11.4. The third kappa shape index (κ3) is 2.96. The van der Waals surface area contributed by atoms with E-state index in [2.05, 4.69) is 17.2 Å². The van der Waals surface area contributed by atoms with Crippen LogP contribution in [0.4, 0.5) is 0 Å². The maximum Gasteiger partial charge on any atom is 0.0794 e. The Kier molecular flexibility index (Phi) is 4.22. The number of hydrogen-bond donors (Lipinski definition) is 1. The van der Waals surface area contributed by atoms with Gasteiger partial charge < -0.3 is 5.32 Å². The maximum atomic E-state index is 6.15. The van der Waals surface area contributed by atoms with Crippen LogP contribution >= 0.6 is 22.9 Å². The molecular weight excluding hydrogens is 240 g/mol. The molecule has 16 heavy (non-hydrogen) atoms. The van der Waals surface area contributed by atoms with Crippen LogP contribution in [0.2, 0.25) is 0 Å². The Bertz CT molecular complexity index is 305. The van der Waals surface area contributed by atoms with E-state index < -0.39 is 0 Å². The summed E-state index contributed by atoms with van der Waals surface area (Å²) in [7, 11) is 0. The van der Waals surface area contributed by atoms with Gasteiger partial charge in [0.2, 0.25) is 0 Å². The molecule has 4 heteroatoms. The van der Waals surface area contributed by atoms with Gasteiger partial charge in [0.05, 0.1) is 5.51 Å². The molecule has 1 aromatic rings. The first-order valence-electron chi connectivity index (χ1n) is 5.92. The summed E-state index contributed by atoms with van der Waals surface area (Å²) >= 11 is 7.85. The summed E-state index contributed by atoms with van der Waals surface area (Å²) in [5, 5.41) is 3.65. The molecule has 1 aromatic heterocycles. The van der Waals surface area contributed by atoms with Crippen molar-refractivity contribution in [2.24, 2.45) is 5.92 Å². The van der Waals surface area contributed by atoms with Crippen LogP contribution in [0.15, 0.2) is 11.7 Å². The standard InChI is InChI=1S/C12H19ClN2S/c1-10-2-4-12(8-13,5-3-10)15-7-11-6-14-9-16-11/h6,9-10,15H,2-5,7-8H2,1H3. The van der Waals surface area contributed by atoms with E-state index in [9.17, 15) is 0 Å². The van der Waals surface area contributed by atoms with Crippen molar-refractivity contribution >= 4 is 22.9 Å². The average Bonchev–Trinajstić information content (AvgIpc) is 2.82. The molecule has 2 nitrogen and oxygen atoms in total. The van der Waals surface area contributed by atoms with Gasteiger partial charge in [-0.1, -0.05) is 6.92 Å². The fourth-order valence-corrected chi connectivity index (χ4v) is 3.17. The molecule has 1 aliphatic carbocycles. The van der Waals surface area contributed by atoms with Gasteiger partial charge in [-0.3, -0.25) is 4.98 Å². The first-order valence-corrected chi connectivity index (χ1v) is 7.34. The van der Waals surface area contributed by atoms with Gasteiger partial charge in [-0.2, -0.15) is 0 Å². The minimum Gasteiger partial charge on any atom is -0.305 e. The number of rotatable bonds is 4. The van der Waals surface area contributed by atoms with Gasteiger partial charge >= 0.3 is 0 Å². The topological polar surface area (TPSA) is 24.9 Å². The van der Waals surface area contributed by atoms with Gasteiger partial charge in [-0.25, -0.2) is 0 Å². The quantitative estimate of drug-likeness (QED) is 0.837. The Hall–Kier alpha value is -0.120. The molecule has 1 N–H and O–H groups in total. The summed E-state index contributed by atoms with van der Waals surface area (Å²) in [6.45, 7) is 3.24. The Morgan fingerprint density at radius 2 is 2.31 bits per heavy atom. The monoisotopic (exact) mass is 258 g/mol. The highest BCUT2D eigenvalue weighted by Gasteiger charge is 2.32. The lowest BCUT2D eigenvalue weighted by atomic mass is 9.78. The molecule has 1 fully saturated rings. The molecule has 0 amide bonds. The van der Waals surface area contributed by atoms with E-state index in [0.29, 0.717) is 0 Å².